The summed E-state index contributed by atoms with van der Waals surface area (Å²) in [5, 5.41) is 20.9. The van der Waals surface area contributed by atoms with E-state index in [0.29, 0.717) is 35.9 Å². The van der Waals surface area contributed by atoms with E-state index in [0.717, 1.165) is 78.4 Å². The number of aliphatic hydroxyl groups is 1. The first kappa shape index (κ1) is 31.7. The van der Waals surface area contributed by atoms with E-state index in [9.17, 15) is 19.8 Å². The predicted octanol–water partition coefficient (Wildman–Crippen LogP) is 8.66. The molecule has 47 heavy (non-hydrogen) atoms. The number of benzene rings is 2. The number of aliphatic hydroxyl groups excluding tert-OH is 1. The normalized spacial score (nSPS) is 28.6. The Morgan fingerprint density at radius 2 is 1.77 bits per heavy atom. The lowest BCUT2D eigenvalue weighted by molar-refractivity contribution is -0.135. The number of hydrogen-bond acceptors (Lipinski definition) is 6. The quantitative estimate of drug-likeness (QED) is 0.254. The second kappa shape index (κ2) is 12.6. The number of fused-ring (bicyclic) bond motifs is 1. The molecule has 5 atom stereocenters. The molecule has 0 unspecified atom stereocenters. The molecule has 6 heteroatoms. The minimum atomic E-state index is -0.822. The maximum Gasteiger partial charge on any atom is 0.340 e. The molecule has 2 aromatic rings. The van der Waals surface area contributed by atoms with Gasteiger partial charge in [0.15, 0.2) is 0 Å². The van der Waals surface area contributed by atoms with E-state index in [2.05, 4.69) is 45.1 Å². The zero-order valence-corrected chi connectivity index (χ0v) is 27.8. The van der Waals surface area contributed by atoms with E-state index in [1.807, 2.05) is 30.3 Å². The number of phenols is 1. The summed E-state index contributed by atoms with van der Waals surface area (Å²) in [7, 11) is 0. The SMILES string of the molecule is CCCC=C1OC(=O)C2=C1CC[C@H]1[C@@H]3CC[C@]4(C(=C[C@H](CCO)CCC(C)C)OC(=O)C4=C3c3cc(O)ccc3-c3ccccc3)[C@H]21. The zero-order valence-electron chi connectivity index (χ0n) is 27.8. The van der Waals surface area contributed by atoms with Gasteiger partial charge in [0.2, 0.25) is 0 Å². The molecule has 0 aromatic heterocycles. The van der Waals surface area contributed by atoms with Gasteiger partial charge in [-0.2, -0.15) is 0 Å². The molecule has 2 heterocycles. The number of carbonyl (C=O) groups excluding carboxylic acids is 2. The molecule has 1 spiro atoms. The van der Waals surface area contributed by atoms with Gasteiger partial charge in [0.1, 0.15) is 17.3 Å². The van der Waals surface area contributed by atoms with Crippen molar-refractivity contribution in [1.82, 2.24) is 0 Å². The van der Waals surface area contributed by atoms with Crippen LogP contribution in [0.25, 0.3) is 16.7 Å². The number of cyclic esters (lactones) is 2. The van der Waals surface area contributed by atoms with E-state index in [4.69, 9.17) is 9.47 Å². The van der Waals surface area contributed by atoms with Crippen LogP contribution < -0.4 is 0 Å². The average Bonchev–Trinajstić information content (AvgIpc) is 3.55. The van der Waals surface area contributed by atoms with Crippen molar-refractivity contribution >= 4 is 17.5 Å². The van der Waals surface area contributed by atoms with Crippen molar-refractivity contribution in [2.24, 2.45) is 35.0 Å². The molecule has 6 nitrogen and oxygen atoms in total. The third-order valence-corrected chi connectivity index (χ3v) is 11.3. The third-order valence-electron chi connectivity index (χ3n) is 11.3. The summed E-state index contributed by atoms with van der Waals surface area (Å²) in [5.74, 6) is 1.27. The molecule has 4 aliphatic carbocycles. The Morgan fingerprint density at radius 3 is 2.51 bits per heavy atom. The molecule has 8 rings (SSSR count). The summed E-state index contributed by atoms with van der Waals surface area (Å²) in [5.41, 5.74) is 5.35. The van der Waals surface area contributed by atoms with Crippen LogP contribution in [0.1, 0.15) is 84.1 Å². The van der Waals surface area contributed by atoms with Crippen LogP contribution in [0.15, 0.2) is 88.9 Å². The van der Waals surface area contributed by atoms with Gasteiger partial charge in [-0.3, -0.25) is 0 Å². The van der Waals surface area contributed by atoms with Gasteiger partial charge in [0.05, 0.1) is 11.0 Å². The van der Waals surface area contributed by atoms with Crippen LogP contribution in [0.3, 0.4) is 0 Å². The molecule has 2 aromatic carbocycles. The van der Waals surface area contributed by atoms with Crippen molar-refractivity contribution in [3.05, 3.63) is 94.5 Å². The first-order valence-electron chi connectivity index (χ1n) is 17.6. The van der Waals surface area contributed by atoms with E-state index >= 15 is 0 Å². The summed E-state index contributed by atoms with van der Waals surface area (Å²) in [4.78, 5) is 28.3. The number of carbonyl (C=O) groups is 2. The number of hydrogen-bond donors (Lipinski definition) is 2. The van der Waals surface area contributed by atoms with Crippen molar-refractivity contribution in [1.29, 1.82) is 0 Å². The highest BCUT2D eigenvalue weighted by Crippen LogP contribution is 2.72. The van der Waals surface area contributed by atoms with Crippen LogP contribution in [-0.2, 0) is 19.1 Å². The number of ether oxygens (including phenoxy) is 2. The molecular formula is C41H46O6. The molecule has 1 saturated heterocycles. The van der Waals surface area contributed by atoms with Gasteiger partial charge in [-0.15, -0.1) is 0 Å². The number of phenolic OH excluding ortho intramolecular Hbond substituents is 1. The second-order valence-corrected chi connectivity index (χ2v) is 14.5. The molecule has 0 radical (unpaired) electrons. The monoisotopic (exact) mass is 634 g/mol. The number of unbranched alkanes of at least 4 members (excludes halogenated alkanes) is 1. The largest absolute Gasteiger partial charge is 0.508 e. The van der Waals surface area contributed by atoms with E-state index in [1.165, 1.54) is 0 Å². The summed E-state index contributed by atoms with van der Waals surface area (Å²) >= 11 is 0. The fourth-order valence-electron chi connectivity index (χ4n) is 9.35. The number of aromatic hydroxyl groups is 1. The van der Waals surface area contributed by atoms with Crippen LogP contribution in [0.2, 0.25) is 0 Å². The van der Waals surface area contributed by atoms with Gasteiger partial charge in [-0.25, -0.2) is 9.59 Å². The predicted molar refractivity (Wildman–Crippen MR) is 181 cm³/mol. The lowest BCUT2D eigenvalue weighted by Gasteiger charge is -2.56. The zero-order chi connectivity index (χ0) is 32.9. The van der Waals surface area contributed by atoms with Crippen molar-refractivity contribution in [2.75, 3.05) is 6.61 Å². The van der Waals surface area contributed by atoms with Crippen molar-refractivity contribution < 1.29 is 29.3 Å². The lowest BCUT2D eigenvalue weighted by atomic mass is 9.44. The lowest BCUT2D eigenvalue weighted by Crippen LogP contribution is -2.52. The molecule has 2 bridgehead atoms. The Labute approximate surface area is 277 Å². The highest BCUT2D eigenvalue weighted by atomic mass is 16.5. The van der Waals surface area contributed by atoms with Crippen molar-refractivity contribution in [2.45, 2.75) is 78.6 Å². The molecule has 2 fully saturated rings. The summed E-state index contributed by atoms with van der Waals surface area (Å²) in [6.45, 7) is 6.56. The highest BCUT2D eigenvalue weighted by molar-refractivity contribution is 6.07. The summed E-state index contributed by atoms with van der Waals surface area (Å²) in [6, 6.07) is 15.6. The minimum Gasteiger partial charge on any atom is -0.508 e. The van der Waals surface area contributed by atoms with Crippen LogP contribution in [0.5, 0.6) is 5.75 Å². The van der Waals surface area contributed by atoms with Crippen LogP contribution in [0, 0.1) is 35.0 Å². The minimum absolute atomic E-state index is 0.0211. The van der Waals surface area contributed by atoms with Gasteiger partial charge in [0, 0.05) is 23.7 Å². The van der Waals surface area contributed by atoms with Gasteiger partial charge in [0.25, 0.3) is 0 Å². The topological polar surface area (TPSA) is 93.1 Å². The van der Waals surface area contributed by atoms with Crippen molar-refractivity contribution in [3.63, 3.8) is 0 Å². The van der Waals surface area contributed by atoms with Gasteiger partial charge in [-0.1, -0.05) is 70.0 Å². The molecule has 246 valence electrons. The summed E-state index contributed by atoms with van der Waals surface area (Å²) in [6.07, 6.45) is 11.6. The Kier molecular flexibility index (Phi) is 8.50. The Hall–Kier alpha value is -3.90. The molecule has 0 amide bonds. The average molecular weight is 635 g/mol. The van der Waals surface area contributed by atoms with E-state index in [-0.39, 0.29) is 48.0 Å². The van der Waals surface area contributed by atoms with Crippen molar-refractivity contribution in [3.8, 4) is 16.9 Å². The van der Waals surface area contributed by atoms with Crippen LogP contribution >= 0.6 is 0 Å². The first-order chi connectivity index (χ1) is 22.8. The Balaban J connectivity index is 1.48. The number of allylic oxidation sites excluding steroid dienone is 5. The maximum absolute atomic E-state index is 14.4. The Bertz CT molecular complexity index is 1710. The van der Waals surface area contributed by atoms with Crippen LogP contribution in [0.4, 0.5) is 0 Å². The highest BCUT2D eigenvalue weighted by Gasteiger charge is 2.68. The third kappa shape index (κ3) is 5.20. The molecular weight excluding hydrogens is 588 g/mol. The van der Waals surface area contributed by atoms with Gasteiger partial charge < -0.3 is 19.7 Å². The van der Waals surface area contributed by atoms with E-state index in [1.54, 1.807) is 6.07 Å². The van der Waals surface area contributed by atoms with Crippen LogP contribution in [-0.4, -0.2) is 28.8 Å². The molecule has 6 aliphatic rings. The van der Waals surface area contributed by atoms with Gasteiger partial charge in [-0.05, 0) is 115 Å². The molecule has 1 saturated carbocycles. The molecule has 2 N–H and O–H groups in total. The first-order valence-corrected chi connectivity index (χ1v) is 17.6. The maximum atomic E-state index is 14.4. The fraction of sp³-hybridized carbons (Fsp3) is 0.463. The van der Waals surface area contributed by atoms with E-state index < -0.39 is 5.41 Å². The summed E-state index contributed by atoms with van der Waals surface area (Å²) < 4.78 is 12.4. The smallest absolute Gasteiger partial charge is 0.340 e. The number of esters is 2. The standard InChI is InChI=1S/C41H46O6/c1-4-5-11-33-31-17-16-30-29-18-20-41(37(30)36(31)39(44)46-33)34(22-25(19-21-42)13-12-24(2)3)47-40(45)38(41)35(29)32-23-27(43)14-15-28(32)26-9-7-6-8-10-26/h6-11,14-15,22-25,29-30,37,42-43H,4-5,12-13,16-21H2,1-3H3/t25-,29-,30-,37-,41-/m0/s1. The fourth-order valence-corrected chi connectivity index (χ4v) is 9.35. The van der Waals surface area contributed by atoms with Gasteiger partial charge >= 0.3 is 11.9 Å². The second-order valence-electron chi connectivity index (χ2n) is 14.5. The number of rotatable bonds is 10. The molecule has 2 aliphatic heterocycles. The Morgan fingerprint density at radius 1 is 0.957 bits per heavy atom.